The van der Waals surface area contributed by atoms with Crippen molar-refractivity contribution in [3.8, 4) is 0 Å². The van der Waals surface area contributed by atoms with Crippen LogP contribution in [0, 0.1) is 5.41 Å². The van der Waals surface area contributed by atoms with Gasteiger partial charge in [0.15, 0.2) is 5.96 Å². The monoisotopic (exact) mass is 130 g/mol. The Kier molecular flexibility index (Phi) is 2.57. The maximum atomic E-state index is 6.91. The molecule has 0 aliphatic rings. The number of likely N-dealkylation sites (N-methyl/N-ethyl adjacent to an activating group) is 1. The van der Waals surface area contributed by atoms with E-state index in [9.17, 15) is 0 Å². The van der Waals surface area contributed by atoms with Gasteiger partial charge in [-0.25, -0.2) is 0 Å². The first kappa shape index (κ1) is 7.81. The van der Waals surface area contributed by atoms with Crippen molar-refractivity contribution < 1.29 is 5.11 Å². The molecule has 0 fully saturated rings. The topological polar surface area (TPSA) is 76.0 Å². The molecule has 5 N–H and O–H groups in total. The van der Waals surface area contributed by atoms with Crippen LogP contribution in [0.1, 0.15) is 0 Å². The summed E-state index contributed by atoms with van der Waals surface area (Å²) in [7, 11) is 1.64. The third-order valence-corrected chi connectivity index (χ3v) is 0.839. The molecule has 0 saturated carbocycles. The summed E-state index contributed by atoms with van der Waals surface area (Å²) in [6.07, 6.45) is 0. The first-order valence-electron chi connectivity index (χ1n) is 2.48. The largest absolute Gasteiger partial charge is 0.596 e. The van der Waals surface area contributed by atoms with Crippen LogP contribution in [-0.4, -0.2) is 29.6 Å². The molecule has 0 unspecified atom stereocenters. The molecule has 4 nitrogen and oxygen atoms in total. The molecule has 0 rings (SSSR count). The maximum absolute atomic E-state index is 6.91. The molecule has 0 heterocycles. The lowest BCUT2D eigenvalue weighted by Gasteiger charge is -2.12. The summed E-state index contributed by atoms with van der Waals surface area (Å²) in [5.74, 6) is 0.219. The summed E-state index contributed by atoms with van der Waals surface area (Å²) in [5.41, 5.74) is 5.07. The number of nitrogens with zero attached hydrogens (tertiary/aromatic N) is 1. The molecule has 0 amide bonds. The van der Waals surface area contributed by atoms with Crippen LogP contribution in [0.4, 0.5) is 0 Å². The molecule has 0 saturated heterocycles. The predicted octanol–water partition coefficient (Wildman–Crippen LogP) is -0.950. The van der Waals surface area contributed by atoms with Crippen LogP contribution in [0.3, 0.4) is 0 Å². The van der Waals surface area contributed by atoms with E-state index in [1.807, 2.05) is 0 Å². The van der Waals surface area contributed by atoms with E-state index in [4.69, 9.17) is 16.2 Å². The minimum absolute atomic E-state index is 0.0385. The van der Waals surface area contributed by atoms with Crippen LogP contribution in [0.15, 0.2) is 12.3 Å². The van der Waals surface area contributed by atoms with E-state index in [0.29, 0.717) is 6.54 Å². The van der Waals surface area contributed by atoms with E-state index in [-0.39, 0.29) is 11.7 Å². The maximum Gasteiger partial charge on any atom is 0.241 e. The Hall–Kier alpha value is -1.19. The number of hydrogen-bond donors (Lipinski definition) is 2. The Labute approximate surface area is 54.1 Å². The van der Waals surface area contributed by atoms with Gasteiger partial charge in [-0.1, -0.05) is 0 Å². The zero-order valence-corrected chi connectivity index (χ0v) is 5.44. The molecular weight excluding hydrogens is 118 g/mol. The number of guanidine groups is 1. The van der Waals surface area contributed by atoms with Crippen LogP contribution in [0.25, 0.3) is 0 Å². The van der Waals surface area contributed by atoms with E-state index >= 15 is 0 Å². The SMILES string of the molecule is C=C([OH2+])CN(C)C(=N)N. The number of nitrogens with one attached hydrogen (secondary N) is 1. The lowest BCUT2D eigenvalue weighted by Crippen LogP contribution is -2.34. The van der Waals surface area contributed by atoms with Crippen molar-refractivity contribution in [2.75, 3.05) is 13.6 Å². The zero-order valence-electron chi connectivity index (χ0n) is 5.44. The summed E-state index contributed by atoms with van der Waals surface area (Å²) in [5, 5.41) is 13.8. The highest BCUT2D eigenvalue weighted by molar-refractivity contribution is 5.74. The molecule has 0 aliphatic heterocycles. The van der Waals surface area contributed by atoms with Crippen molar-refractivity contribution in [3.63, 3.8) is 0 Å². The Morgan fingerprint density at radius 2 is 2.33 bits per heavy atom. The first-order valence-corrected chi connectivity index (χ1v) is 2.48. The second kappa shape index (κ2) is 2.96. The summed E-state index contributed by atoms with van der Waals surface area (Å²) in [6.45, 7) is 3.68. The molecule has 52 valence electrons. The Balaban J connectivity index is 3.63. The second-order valence-electron chi connectivity index (χ2n) is 1.84. The van der Waals surface area contributed by atoms with Gasteiger partial charge in [0.05, 0.1) is 0 Å². The standard InChI is InChI=1S/C5H11N3O/c1-4(9)3-8(2)5(6)7/h9H,1,3H2,2H3,(H3,6,7)/p+1. The van der Waals surface area contributed by atoms with Crippen molar-refractivity contribution in [1.29, 1.82) is 5.41 Å². The van der Waals surface area contributed by atoms with Crippen LogP contribution in [0.2, 0.25) is 0 Å². The van der Waals surface area contributed by atoms with E-state index < -0.39 is 0 Å². The molecule has 4 heteroatoms. The van der Waals surface area contributed by atoms with Crippen molar-refractivity contribution in [2.24, 2.45) is 5.73 Å². The van der Waals surface area contributed by atoms with Crippen LogP contribution in [-0.2, 0) is 0 Å². The number of nitrogens with two attached hydrogens (primary N) is 1. The van der Waals surface area contributed by atoms with E-state index in [1.165, 1.54) is 4.90 Å². The summed E-state index contributed by atoms with van der Waals surface area (Å²) >= 11 is 0. The highest BCUT2D eigenvalue weighted by atomic mass is 16.3. The normalized spacial score (nSPS) is 8.56. The summed E-state index contributed by atoms with van der Waals surface area (Å²) < 4.78 is 0. The number of hydrogen-bond acceptors (Lipinski definition) is 1. The average molecular weight is 130 g/mol. The van der Waals surface area contributed by atoms with Gasteiger partial charge in [-0.15, -0.1) is 0 Å². The Morgan fingerprint density at radius 1 is 1.89 bits per heavy atom. The molecular formula is C5H12N3O+. The number of rotatable bonds is 2. The first-order chi connectivity index (χ1) is 4.04. The third kappa shape index (κ3) is 3.40. The van der Waals surface area contributed by atoms with Gasteiger partial charge in [-0.3, -0.25) is 5.41 Å². The molecule has 0 atom stereocenters. The van der Waals surface area contributed by atoms with Gasteiger partial charge in [0.1, 0.15) is 6.54 Å². The fourth-order valence-corrected chi connectivity index (χ4v) is 0.371. The van der Waals surface area contributed by atoms with Gasteiger partial charge < -0.3 is 15.7 Å². The Morgan fingerprint density at radius 3 is 2.44 bits per heavy atom. The minimum atomic E-state index is -0.0385. The molecule has 0 spiro atoms. The molecule has 0 aromatic carbocycles. The molecule has 0 radical (unpaired) electrons. The summed E-state index contributed by atoms with van der Waals surface area (Å²) in [4.78, 5) is 1.44. The lowest BCUT2D eigenvalue weighted by atomic mass is 10.5. The minimum Gasteiger partial charge on any atom is -0.596 e. The average Bonchev–Trinajstić information content (AvgIpc) is 1.63. The zero-order chi connectivity index (χ0) is 7.44. The third-order valence-electron chi connectivity index (χ3n) is 0.839. The van der Waals surface area contributed by atoms with Gasteiger partial charge in [0, 0.05) is 7.05 Å². The van der Waals surface area contributed by atoms with Crippen LogP contribution < -0.4 is 5.73 Å². The van der Waals surface area contributed by atoms with Crippen LogP contribution in [0.5, 0.6) is 0 Å². The van der Waals surface area contributed by atoms with Gasteiger partial charge in [0.2, 0.25) is 5.76 Å². The van der Waals surface area contributed by atoms with Gasteiger partial charge >= 0.3 is 0 Å². The Bertz CT molecular complexity index is 132. The molecule has 0 aromatic rings. The lowest BCUT2D eigenvalue weighted by molar-refractivity contribution is 0.355. The molecule has 0 bridgehead atoms. The van der Waals surface area contributed by atoms with Gasteiger partial charge in [0.25, 0.3) is 0 Å². The molecule has 0 aliphatic carbocycles. The second-order valence-corrected chi connectivity index (χ2v) is 1.84. The van der Waals surface area contributed by atoms with Crippen molar-refractivity contribution in [2.45, 2.75) is 0 Å². The van der Waals surface area contributed by atoms with E-state index in [0.717, 1.165) is 0 Å². The molecule has 9 heavy (non-hydrogen) atoms. The fraction of sp³-hybridized carbons (Fsp3) is 0.400. The smallest absolute Gasteiger partial charge is 0.241 e. The van der Waals surface area contributed by atoms with Crippen molar-refractivity contribution >= 4 is 5.96 Å². The van der Waals surface area contributed by atoms with Gasteiger partial charge in [-0.2, -0.15) is 0 Å². The predicted molar refractivity (Wildman–Crippen MR) is 37.3 cm³/mol. The highest BCUT2D eigenvalue weighted by Gasteiger charge is 2.01. The van der Waals surface area contributed by atoms with E-state index in [1.54, 1.807) is 7.05 Å². The fourth-order valence-electron chi connectivity index (χ4n) is 0.371. The van der Waals surface area contributed by atoms with Gasteiger partial charge in [-0.05, 0) is 6.58 Å². The van der Waals surface area contributed by atoms with Crippen LogP contribution >= 0.6 is 0 Å². The summed E-state index contributed by atoms with van der Waals surface area (Å²) in [6, 6.07) is 0. The van der Waals surface area contributed by atoms with Crippen molar-refractivity contribution in [3.05, 3.63) is 12.3 Å². The van der Waals surface area contributed by atoms with Crippen molar-refractivity contribution in [1.82, 2.24) is 4.90 Å². The highest BCUT2D eigenvalue weighted by Crippen LogP contribution is 1.86. The quantitative estimate of drug-likeness (QED) is 0.219. The van der Waals surface area contributed by atoms with E-state index in [2.05, 4.69) is 6.58 Å². The molecule has 0 aromatic heterocycles.